The van der Waals surface area contributed by atoms with E-state index in [2.05, 4.69) is 53.7 Å². The molecule has 1 aliphatic carbocycles. The van der Waals surface area contributed by atoms with Crippen LogP contribution in [0.5, 0.6) is 5.75 Å². The van der Waals surface area contributed by atoms with Gasteiger partial charge < -0.3 is 4.74 Å². The van der Waals surface area contributed by atoms with Gasteiger partial charge in [0.1, 0.15) is 5.75 Å². The third-order valence-electron chi connectivity index (χ3n) is 4.82. The second kappa shape index (κ2) is 7.82. The van der Waals surface area contributed by atoms with Gasteiger partial charge in [-0.15, -0.1) is 0 Å². The van der Waals surface area contributed by atoms with Gasteiger partial charge in [0, 0.05) is 17.5 Å². The molecule has 2 nitrogen and oxygen atoms in total. The van der Waals surface area contributed by atoms with Crippen molar-refractivity contribution in [1.29, 1.82) is 0 Å². The van der Waals surface area contributed by atoms with E-state index in [1.54, 1.807) is 0 Å². The van der Waals surface area contributed by atoms with Crippen molar-refractivity contribution < 1.29 is 9.53 Å². The Kier molecular flexibility index (Phi) is 6.16. The Balaban J connectivity index is 2.38. The van der Waals surface area contributed by atoms with E-state index in [1.807, 2.05) is 25.2 Å². The molecule has 1 aromatic rings. The minimum atomic E-state index is -0.0115. The molecule has 0 N–H and O–H groups in total. The van der Waals surface area contributed by atoms with Crippen molar-refractivity contribution in [2.24, 2.45) is 0 Å². The van der Waals surface area contributed by atoms with Crippen LogP contribution in [0.1, 0.15) is 78.0 Å². The maximum absolute atomic E-state index is 12.4. The Morgan fingerprint density at radius 3 is 2.04 bits per heavy atom. The summed E-state index contributed by atoms with van der Waals surface area (Å²) in [5.74, 6) is 1.28. The van der Waals surface area contributed by atoms with E-state index < -0.39 is 0 Å². The van der Waals surface area contributed by atoms with Gasteiger partial charge in [0.15, 0.2) is 5.78 Å². The van der Waals surface area contributed by atoms with Crippen LogP contribution in [-0.4, -0.2) is 12.4 Å². The summed E-state index contributed by atoms with van der Waals surface area (Å²) in [7, 11) is 0. The highest BCUT2D eigenvalue weighted by Crippen LogP contribution is 2.41. The van der Waals surface area contributed by atoms with E-state index in [-0.39, 0.29) is 16.6 Å². The SMILES string of the molecule is CCOc1c(C(C)(C)C)cc(CCC(=O)C2=CC=CC2)cc1C(C)(C)C. The van der Waals surface area contributed by atoms with Gasteiger partial charge in [-0.1, -0.05) is 71.9 Å². The number of carbonyl (C=O) groups excluding carboxylic acids is 1. The van der Waals surface area contributed by atoms with Crippen LogP contribution in [0.25, 0.3) is 0 Å². The van der Waals surface area contributed by atoms with Crippen molar-refractivity contribution in [3.63, 3.8) is 0 Å². The predicted octanol–water partition coefficient (Wildman–Crippen LogP) is 6.07. The van der Waals surface area contributed by atoms with E-state index in [4.69, 9.17) is 4.74 Å². The number of rotatable bonds is 6. The lowest BCUT2D eigenvalue weighted by molar-refractivity contribution is -0.115. The molecule has 0 amide bonds. The van der Waals surface area contributed by atoms with Crippen molar-refractivity contribution in [2.75, 3.05) is 6.61 Å². The van der Waals surface area contributed by atoms with Crippen molar-refractivity contribution in [3.05, 3.63) is 52.6 Å². The first-order valence-electron chi connectivity index (χ1n) is 9.73. The van der Waals surface area contributed by atoms with Crippen LogP contribution in [0.15, 0.2) is 35.9 Å². The van der Waals surface area contributed by atoms with Gasteiger partial charge in [-0.2, -0.15) is 0 Å². The van der Waals surface area contributed by atoms with Crippen LogP contribution >= 0.6 is 0 Å². The van der Waals surface area contributed by atoms with Crippen LogP contribution < -0.4 is 4.74 Å². The van der Waals surface area contributed by atoms with Gasteiger partial charge in [-0.05, 0) is 41.7 Å². The molecule has 0 saturated heterocycles. The molecule has 26 heavy (non-hydrogen) atoms. The quantitative estimate of drug-likeness (QED) is 0.620. The summed E-state index contributed by atoms with van der Waals surface area (Å²) in [6.45, 7) is 16.0. The summed E-state index contributed by atoms with van der Waals surface area (Å²) in [6, 6.07) is 4.49. The standard InChI is InChI=1S/C24H34O2/c1-8-26-22-19(23(2,3)4)15-17(16-20(22)24(5,6)7)13-14-21(25)18-11-9-10-12-18/h9-11,15-16H,8,12-14H2,1-7H3. The molecule has 0 spiro atoms. The van der Waals surface area contributed by atoms with Gasteiger partial charge in [0.05, 0.1) is 6.61 Å². The third kappa shape index (κ3) is 4.87. The maximum Gasteiger partial charge on any atom is 0.159 e. The molecular weight excluding hydrogens is 320 g/mol. The number of allylic oxidation sites excluding steroid dienone is 4. The number of ether oxygens (including phenoxy) is 1. The zero-order chi connectivity index (χ0) is 19.5. The van der Waals surface area contributed by atoms with E-state index in [1.165, 1.54) is 16.7 Å². The van der Waals surface area contributed by atoms with Gasteiger partial charge >= 0.3 is 0 Å². The Bertz CT molecular complexity index is 687. The Morgan fingerprint density at radius 2 is 1.62 bits per heavy atom. The second-order valence-corrected chi connectivity index (χ2v) is 9.20. The largest absolute Gasteiger partial charge is 0.493 e. The van der Waals surface area contributed by atoms with Gasteiger partial charge in [0.25, 0.3) is 0 Å². The Morgan fingerprint density at radius 1 is 1.04 bits per heavy atom. The molecule has 0 radical (unpaired) electrons. The first-order chi connectivity index (χ1) is 12.0. The average molecular weight is 355 g/mol. The zero-order valence-electron chi connectivity index (χ0n) is 17.5. The van der Waals surface area contributed by atoms with Crippen LogP contribution in [0.4, 0.5) is 0 Å². The van der Waals surface area contributed by atoms with Crippen LogP contribution in [0, 0.1) is 0 Å². The van der Waals surface area contributed by atoms with Crippen molar-refractivity contribution in [1.82, 2.24) is 0 Å². The molecule has 0 fully saturated rings. The molecule has 0 unspecified atom stereocenters. The fraction of sp³-hybridized carbons (Fsp3) is 0.542. The molecule has 1 aromatic carbocycles. The van der Waals surface area contributed by atoms with Crippen LogP contribution in [0.3, 0.4) is 0 Å². The monoisotopic (exact) mass is 354 g/mol. The predicted molar refractivity (Wildman–Crippen MR) is 110 cm³/mol. The lowest BCUT2D eigenvalue weighted by Gasteiger charge is -2.30. The molecule has 0 bridgehead atoms. The molecule has 0 atom stereocenters. The topological polar surface area (TPSA) is 26.3 Å². The average Bonchev–Trinajstić information content (AvgIpc) is 3.06. The van der Waals surface area contributed by atoms with Gasteiger partial charge in [-0.25, -0.2) is 0 Å². The molecule has 2 heteroatoms. The number of Topliss-reactive ketones (excluding diaryl/α,β-unsaturated/α-hetero) is 1. The number of carbonyl (C=O) groups is 1. The molecule has 0 aromatic heterocycles. The van der Waals surface area contributed by atoms with E-state index in [0.717, 1.165) is 24.2 Å². The number of hydrogen-bond acceptors (Lipinski definition) is 2. The summed E-state index contributed by atoms with van der Waals surface area (Å²) in [5.41, 5.74) is 4.60. The molecule has 0 heterocycles. The van der Waals surface area contributed by atoms with E-state index >= 15 is 0 Å². The summed E-state index contributed by atoms with van der Waals surface area (Å²) >= 11 is 0. The normalized spacial score (nSPS) is 14.5. The Labute approximate surface area is 159 Å². The third-order valence-corrected chi connectivity index (χ3v) is 4.82. The second-order valence-electron chi connectivity index (χ2n) is 9.20. The summed E-state index contributed by atoms with van der Waals surface area (Å²) in [5, 5.41) is 0. The van der Waals surface area contributed by atoms with Gasteiger partial charge in [-0.3, -0.25) is 4.79 Å². The van der Waals surface area contributed by atoms with E-state index in [9.17, 15) is 4.79 Å². The highest BCUT2D eigenvalue weighted by Gasteiger charge is 2.27. The summed E-state index contributed by atoms with van der Waals surface area (Å²) in [4.78, 5) is 12.4. The lowest BCUT2D eigenvalue weighted by atomic mass is 9.78. The number of aryl methyl sites for hydroxylation is 1. The first kappa shape index (κ1) is 20.5. The zero-order valence-corrected chi connectivity index (χ0v) is 17.5. The number of benzene rings is 1. The van der Waals surface area contributed by atoms with Crippen molar-refractivity contribution in [3.8, 4) is 5.75 Å². The van der Waals surface area contributed by atoms with E-state index in [0.29, 0.717) is 13.0 Å². The lowest BCUT2D eigenvalue weighted by Crippen LogP contribution is -2.20. The molecule has 142 valence electrons. The number of ketones is 1. The smallest absolute Gasteiger partial charge is 0.159 e. The maximum atomic E-state index is 12.4. The highest BCUT2D eigenvalue weighted by atomic mass is 16.5. The minimum Gasteiger partial charge on any atom is -0.493 e. The molecular formula is C24H34O2. The molecule has 2 rings (SSSR count). The Hall–Kier alpha value is -1.83. The van der Waals surface area contributed by atoms with Crippen molar-refractivity contribution >= 4 is 5.78 Å². The van der Waals surface area contributed by atoms with Crippen LogP contribution in [-0.2, 0) is 22.0 Å². The molecule has 0 aliphatic heterocycles. The van der Waals surface area contributed by atoms with Crippen LogP contribution in [0.2, 0.25) is 0 Å². The molecule has 1 aliphatic rings. The van der Waals surface area contributed by atoms with Crippen molar-refractivity contribution in [2.45, 2.75) is 78.6 Å². The minimum absolute atomic E-state index is 0.0115. The first-order valence-corrected chi connectivity index (χ1v) is 9.73. The highest BCUT2D eigenvalue weighted by molar-refractivity contribution is 5.96. The fourth-order valence-corrected chi connectivity index (χ4v) is 3.32. The number of hydrogen-bond donors (Lipinski definition) is 0. The summed E-state index contributed by atoms with van der Waals surface area (Å²) in [6.07, 6.45) is 8.08. The fourth-order valence-electron chi connectivity index (χ4n) is 3.32. The molecule has 0 saturated carbocycles. The summed E-state index contributed by atoms with van der Waals surface area (Å²) < 4.78 is 6.10. The van der Waals surface area contributed by atoms with Gasteiger partial charge in [0.2, 0.25) is 0 Å².